The van der Waals surface area contributed by atoms with Gasteiger partial charge in [0.05, 0.1) is 27.5 Å². The summed E-state index contributed by atoms with van der Waals surface area (Å²) in [6.07, 6.45) is 0.913. The molecule has 1 aromatic carbocycles. The molecular formula is C12H12N4O2S2. The zero-order chi connectivity index (χ0) is 13.8. The highest BCUT2D eigenvalue weighted by Crippen LogP contribution is 2.21. The number of fused-ring (bicyclic) bond motifs is 1. The van der Waals surface area contributed by atoms with Gasteiger partial charge in [0.2, 0.25) is 5.88 Å². The first-order valence-corrected chi connectivity index (χ1v) is 7.58. The molecule has 2 aromatic heterocycles. The normalized spacial score (nSPS) is 12.4. The third-order valence-corrected chi connectivity index (χ3v) is 3.89. The first kappa shape index (κ1) is 13.2. The first-order valence-electron chi connectivity index (χ1n) is 5.97. The van der Waals surface area contributed by atoms with Gasteiger partial charge in [0.25, 0.3) is 0 Å². The number of aromatic nitrogens is 3. The lowest BCUT2D eigenvalue weighted by Gasteiger charge is -2.12. The molecule has 3 aromatic rings. The van der Waals surface area contributed by atoms with Gasteiger partial charge < -0.3 is 15.2 Å². The van der Waals surface area contributed by atoms with Gasteiger partial charge >= 0.3 is 0 Å². The first-order chi connectivity index (χ1) is 9.81. The van der Waals surface area contributed by atoms with Crippen LogP contribution in [0.2, 0.25) is 0 Å². The molecule has 2 heterocycles. The highest BCUT2D eigenvalue weighted by Gasteiger charge is 2.07. The van der Waals surface area contributed by atoms with E-state index in [0.717, 1.165) is 27.6 Å². The van der Waals surface area contributed by atoms with Gasteiger partial charge in [0.15, 0.2) is 0 Å². The van der Waals surface area contributed by atoms with Crippen molar-refractivity contribution >= 4 is 39.0 Å². The van der Waals surface area contributed by atoms with Gasteiger partial charge in [0, 0.05) is 12.2 Å². The van der Waals surface area contributed by atoms with Crippen molar-refractivity contribution in [2.75, 3.05) is 18.5 Å². The summed E-state index contributed by atoms with van der Waals surface area (Å²) >= 11 is 2.67. The van der Waals surface area contributed by atoms with Crippen LogP contribution in [0.25, 0.3) is 10.2 Å². The maximum atomic E-state index is 9.84. The summed E-state index contributed by atoms with van der Waals surface area (Å²) in [5.74, 6) is 0.445. The Hall–Kier alpha value is -1.77. The number of ether oxygens (including phenoxy) is 1. The number of hydrogen-bond donors (Lipinski definition) is 2. The molecule has 0 amide bonds. The number of anilines is 1. The molecule has 0 radical (unpaired) electrons. The number of hydrogen-bond acceptors (Lipinski definition) is 8. The van der Waals surface area contributed by atoms with Crippen molar-refractivity contribution in [2.24, 2.45) is 0 Å². The molecule has 3 rings (SSSR count). The van der Waals surface area contributed by atoms with Gasteiger partial charge in [-0.2, -0.15) is 4.37 Å². The molecule has 0 saturated carbocycles. The van der Waals surface area contributed by atoms with Crippen LogP contribution in [-0.4, -0.2) is 38.1 Å². The van der Waals surface area contributed by atoms with Gasteiger partial charge in [-0.3, -0.25) is 0 Å². The molecule has 0 aliphatic rings. The second kappa shape index (κ2) is 6.12. The van der Waals surface area contributed by atoms with Crippen LogP contribution >= 0.6 is 23.1 Å². The van der Waals surface area contributed by atoms with Crippen molar-refractivity contribution in [2.45, 2.75) is 6.10 Å². The lowest BCUT2D eigenvalue weighted by molar-refractivity contribution is 0.115. The number of thiazole rings is 1. The monoisotopic (exact) mass is 308 g/mol. The summed E-state index contributed by atoms with van der Waals surface area (Å²) in [7, 11) is 0. The highest BCUT2D eigenvalue weighted by atomic mass is 32.1. The zero-order valence-corrected chi connectivity index (χ0v) is 12.0. The van der Waals surface area contributed by atoms with E-state index < -0.39 is 6.10 Å². The minimum Gasteiger partial charge on any atom is -0.473 e. The van der Waals surface area contributed by atoms with Crippen LogP contribution in [0.5, 0.6) is 5.88 Å². The Bertz CT molecular complexity index is 671. The molecular weight excluding hydrogens is 296 g/mol. The Morgan fingerprint density at radius 2 is 2.35 bits per heavy atom. The number of aliphatic hydroxyl groups is 1. The fourth-order valence-electron chi connectivity index (χ4n) is 1.66. The number of nitrogens with one attached hydrogen (secondary N) is 1. The van der Waals surface area contributed by atoms with E-state index >= 15 is 0 Å². The maximum absolute atomic E-state index is 9.84. The van der Waals surface area contributed by atoms with Gasteiger partial charge in [-0.1, -0.05) is 0 Å². The Morgan fingerprint density at radius 3 is 3.20 bits per heavy atom. The Kier molecular flexibility index (Phi) is 4.05. The van der Waals surface area contributed by atoms with Crippen LogP contribution in [0.3, 0.4) is 0 Å². The quantitative estimate of drug-likeness (QED) is 0.725. The van der Waals surface area contributed by atoms with Crippen LogP contribution in [0.15, 0.2) is 29.9 Å². The van der Waals surface area contributed by atoms with Crippen LogP contribution in [0.1, 0.15) is 0 Å². The summed E-state index contributed by atoms with van der Waals surface area (Å²) in [6, 6.07) is 5.92. The van der Waals surface area contributed by atoms with Crippen molar-refractivity contribution in [1.82, 2.24) is 13.7 Å². The summed E-state index contributed by atoms with van der Waals surface area (Å²) < 4.78 is 14.1. The van der Waals surface area contributed by atoms with Gasteiger partial charge in [-0.05, 0) is 18.2 Å². The Morgan fingerprint density at radius 1 is 1.40 bits per heavy atom. The van der Waals surface area contributed by atoms with Crippen molar-refractivity contribution in [3.8, 4) is 5.88 Å². The van der Waals surface area contributed by atoms with Crippen molar-refractivity contribution in [3.63, 3.8) is 0 Å². The number of benzene rings is 1. The summed E-state index contributed by atoms with van der Waals surface area (Å²) in [6.45, 7) is 0.586. The van der Waals surface area contributed by atoms with E-state index in [1.54, 1.807) is 11.3 Å². The molecule has 0 aliphatic heterocycles. The zero-order valence-electron chi connectivity index (χ0n) is 10.4. The molecule has 2 N–H and O–H groups in total. The summed E-state index contributed by atoms with van der Waals surface area (Å²) in [4.78, 5) is 4.22. The largest absolute Gasteiger partial charge is 0.473 e. The average Bonchev–Trinajstić information content (AvgIpc) is 3.13. The fourth-order valence-corrected chi connectivity index (χ4v) is 2.74. The van der Waals surface area contributed by atoms with Gasteiger partial charge in [0.1, 0.15) is 18.9 Å². The predicted octanol–water partition coefficient (Wildman–Crippen LogP) is 2.00. The second-order valence-electron chi connectivity index (χ2n) is 4.13. The number of aliphatic hydroxyl groups excluding tert-OH is 1. The smallest absolute Gasteiger partial charge is 0.245 e. The lowest BCUT2D eigenvalue weighted by atomic mass is 10.3. The van der Waals surface area contributed by atoms with Crippen LogP contribution in [0, 0.1) is 0 Å². The van der Waals surface area contributed by atoms with Gasteiger partial charge in [-0.25, -0.2) is 4.98 Å². The number of nitrogens with zero attached hydrogens (tertiary/aromatic N) is 3. The molecule has 0 aliphatic carbocycles. The van der Waals surface area contributed by atoms with E-state index in [1.807, 2.05) is 23.7 Å². The van der Waals surface area contributed by atoms with Crippen molar-refractivity contribution in [3.05, 3.63) is 29.9 Å². The average molecular weight is 308 g/mol. The van der Waals surface area contributed by atoms with E-state index in [-0.39, 0.29) is 6.61 Å². The molecule has 0 fully saturated rings. The molecule has 0 bridgehead atoms. The minimum absolute atomic E-state index is 0.182. The predicted molar refractivity (Wildman–Crippen MR) is 79.5 cm³/mol. The maximum Gasteiger partial charge on any atom is 0.245 e. The second-order valence-corrected chi connectivity index (χ2v) is 5.57. The van der Waals surface area contributed by atoms with Crippen LogP contribution in [-0.2, 0) is 0 Å². The highest BCUT2D eigenvalue weighted by molar-refractivity contribution is 7.16. The molecule has 20 heavy (non-hydrogen) atoms. The van der Waals surface area contributed by atoms with Crippen molar-refractivity contribution in [1.29, 1.82) is 0 Å². The molecule has 1 unspecified atom stereocenters. The van der Waals surface area contributed by atoms with Crippen molar-refractivity contribution < 1.29 is 9.84 Å². The van der Waals surface area contributed by atoms with E-state index in [9.17, 15) is 5.11 Å². The lowest BCUT2D eigenvalue weighted by Crippen LogP contribution is -2.26. The summed E-state index contributed by atoms with van der Waals surface area (Å²) in [5, 5.41) is 13.0. The third kappa shape index (κ3) is 3.21. The van der Waals surface area contributed by atoms with Crippen LogP contribution < -0.4 is 10.1 Å². The summed E-state index contributed by atoms with van der Waals surface area (Å²) in [5.41, 5.74) is 3.76. The fraction of sp³-hybridized carbons (Fsp3) is 0.250. The van der Waals surface area contributed by atoms with E-state index in [1.165, 1.54) is 6.20 Å². The molecule has 0 saturated heterocycles. The standard InChI is InChI=1S/C12H12N4O2S2/c17-9(6-18-12-5-15-20-16-12)4-13-8-1-2-10-11(3-8)19-7-14-10/h1-3,5,7,9,13,17H,4,6H2. The van der Waals surface area contributed by atoms with Gasteiger partial charge in [-0.15, -0.1) is 15.7 Å². The molecule has 0 spiro atoms. The minimum atomic E-state index is -0.617. The molecule has 1 atom stereocenters. The number of rotatable bonds is 6. The molecule has 8 heteroatoms. The SMILES string of the molecule is OC(CNc1ccc2ncsc2c1)COc1cnsn1. The third-order valence-electron chi connectivity index (χ3n) is 2.64. The Labute approximate surface area is 123 Å². The van der Waals surface area contributed by atoms with E-state index in [4.69, 9.17) is 4.74 Å². The van der Waals surface area contributed by atoms with E-state index in [2.05, 4.69) is 19.0 Å². The Balaban J connectivity index is 1.50. The van der Waals surface area contributed by atoms with Crippen LogP contribution in [0.4, 0.5) is 5.69 Å². The molecule has 104 valence electrons. The molecule has 6 nitrogen and oxygen atoms in total. The topological polar surface area (TPSA) is 80.2 Å². The van der Waals surface area contributed by atoms with E-state index in [0.29, 0.717) is 12.4 Å².